The van der Waals surface area contributed by atoms with Gasteiger partial charge in [0.25, 0.3) is 0 Å². The van der Waals surface area contributed by atoms with Crippen molar-refractivity contribution in [1.29, 1.82) is 0 Å². The molecule has 6 aromatic carbocycles. The maximum Gasteiger partial charge on any atom is 0.152 e. The quantitative estimate of drug-likeness (QED) is 0.210. The SMILES string of the molecule is Cc1cc(C(O)(c2ccccc2)C(O)(c2ccccc2)c2ccc(-c3ccccc3)c(C)c2)ccc1-c1ccccc1. The summed E-state index contributed by atoms with van der Waals surface area (Å²) in [5.74, 6) is 0. The molecule has 42 heavy (non-hydrogen) atoms. The zero-order valence-corrected chi connectivity index (χ0v) is 23.9. The van der Waals surface area contributed by atoms with Crippen molar-refractivity contribution < 1.29 is 10.2 Å². The molecule has 0 amide bonds. The Hall–Kier alpha value is -4.76. The summed E-state index contributed by atoms with van der Waals surface area (Å²) < 4.78 is 0. The summed E-state index contributed by atoms with van der Waals surface area (Å²) in [4.78, 5) is 0. The Balaban J connectivity index is 1.61. The van der Waals surface area contributed by atoms with Crippen LogP contribution in [0.2, 0.25) is 0 Å². The first-order valence-electron chi connectivity index (χ1n) is 14.3. The summed E-state index contributed by atoms with van der Waals surface area (Å²) in [6.45, 7) is 4.11. The van der Waals surface area contributed by atoms with Gasteiger partial charge in [0.2, 0.25) is 0 Å². The highest BCUT2D eigenvalue weighted by molar-refractivity contribution is 5.70. The molecule has 0 saturated carbocycles. The second kappa shape index (κ2) is 11.3. The molecule has 0 aromatic heterocycles. The third-order valence-corrected chi connectivity index (χ3v) is 8.36. The van der Waals surface area contributed by atoms with Gasteiger partial charge in [-0.3, -0.25) is 0 Å². The Bertz CT molecular complexity index is 1660. The molecule has 0 aliphatic rings. The van der Waals surface area contributed by atoms with Crippen LogP contribution < -0.4 is 0 Å². The molecule has 2 nitrogen and oxygen atoms in total. The van der Waals surface area contributed by atoms with Gasteiger partial charge >= 0.3 is 0 Å². The van der Waals surface area contributed by atoms with Crippen LogP contribution in [-0.4, -0.2) is 10.2 Å². The summed E-state index contributed by atoms with van der Waals surface area (Å²) >= 11 is 0. The normalized spacial score (nSPS) is 14.1. The highest BCUT2D eigenvalue weighted by atomic mass is 16.4. The molecule has 2 atom stereocenters. The van der Waals surface area contributed by atoms with Crippen LogP contribution >= 0.6 is 0 Å². The number of rotatable bonds is 7. The van der Waals surface area contributed by atoms with Crippen LogP contribution in [0.25, 0.3) is 22.3 Å². The van der Waals surface area contributed by atoms with Crippen molar-refractivity contribution in [3.05, 3.63) is 191 Å². The largest absolute Gasteiger partial charge is 0.377 e. The molecule has 2 N–H and O–H groups in total. The fourth-order valence-electron chi connectivity index (χ4n) is 6.19. The van der Waals surface area contributed by atoms with Gasteiger partial charge in [-0.15, -0.1) is 0 Å². The number of benzene rings is 6. The molecule has 0 aliphatic carbocycles. The Morgan fingerprint density at radius 1 is 0.357 bits per heavy atom. The zero-order chi connectivity index (χ0) is 29.2. The molecule has 0 saturated heterocycles. The van der Waals surface area contributed by atoms with Crippen molar-refractivity contribution in [3.63, 3.8) is 0 Å². The van der Waals surface area contributed by atoms with Crippen LogP contribution in [0.3, 0.4) is 0 Å². The third kappa shape index (κ3) is 4.65. The van der Waals surface area contributed by atoms with Crippen LogP contribution in [0.4, 0.5) is 0 Å². The maximum absolute atomic E-state index is 13.2. The molecular formula is C40H34O2. The topological polar surface area (TPSA) is 40.5 Å². The molecule has 0 spiro atoms. The minimum Gasteiger partial charge on any atom is -0.377 e. The summed E-state index contributed by atoms with van der Waals surface area (Å²) in [5.41, 5.74) is 5.20. The highest BCUT2D eigenvalue weighted by Gasteiger charge is 2.54. The summed E-state index contributed by atoms with van der Waals surface area (Å²) in [7, 11) is 0. The van der Waals surface area contributed by atoms with Gasteiger partial charge in [-0.25, -0.2) is 0 Å². The summed E-state index contributed by atoms with van der Waals surface area (Å²) in [5, 5.41) is 26.4. The maximum atomic E-state index is 13.2. The smallest absolute Gasteiger partial charge is 0.152 e. The fourth-order valence-corrected chi connectivity index (χ4v) is 6.19. The van der Waals surface area contributed by atoms with E-state index in [0.717, 1.165) is 33.4 Å². The van der Waals surface area contributed by atoms with Crippen LogP contribution in [0, 0.1) is 13.8 Å². The summed E-state index contributed by atoms with van der Waals surface area (Å²) in [6, 6.07) is 51.5. The van der Waals surface area contributed by atoms with Gasteiger partial charge in [0.15, 0.2) is 11.2 Å². The zero-order valence-electron chi connectivity index (χ0n) is 23.9. The first kappa shape index (κ1) is 27.4. The van der Waals surface area contributed by atoms with Crippen molar-refractivity contribution in [2.45, 2.75) is 25.0 Å². The van der Waals surface area contributed by atoms with E-state index in [2.05, 4.69) is 38.1 Å². The van der Waals surface area contributed by atoms with Gasteiger partial charge in [0.1, 0.15) is 0 Å². The first-order valence-corrected chi connectivity index (χ1v) is 14.3. The Labute approximate surface area is 248 Å². The van der Waals surface area contributed by atoms with Crippen LogP contribution in [0.15, 0.2) is 158 Å². The molecule has 0 radical (unpaired) electrons. The van der Waals surface area contributed by atoms with Gasteiger partial charge in [-0.05, 0) is 69.5 Å². The molecule has 0 bridgehead atoms. The molecule has 0 heterocycles. The molecule has 206 valence electrons. The number of aliphatic hydroxyl groups is 2. The van der Waals surface area contributed by atoms with Crippen molar-refractivity contribution in [3.8, 4) is 22.3 Å². The molecule has 0 aliphatic heterocycles. The molecule has 6 rings (SSSR count). The van der Waals surface area contributed by atoms with Crippen molar-refractivity contribution in [2.24, 2.45) is 0 Å². The molecule has 2 heteroatoms. The Kier molecular flexibility index (Phi) is 7.34. The second-order valence-electron chi connectivity index (χ2n) is 10.9. The number of hydrogen-bond donors (Lipinski definition) is 2. The van der Waals surface area contributed by atoms with Gasteiger partial charge < -0.3 is 10.2 Å². The van der Waals surface area contributed by atoms with Crippen molar-refractivity contribution >= 4 is 0 Å². The van der Waals surface area contributed by atoms with E-state index in [-0.39, 0.29) is 0 Å². The van der Waals surface area contributed by atoms with Crippen molar-refractivity contribution in [2.75, 3.05) is 0 Å². The van der Waals surface area contributed by atoms with Gasteiger partial charge in [-0.2, -0.15) is 0 Å². The predicted octanol–water partition coefficient (Wildman–Crippen LogP) is 8.81. The van der Waals surface area contributed by atoms with E-state index in [0.29, 0.717) is 22.3 Å². The lowest BCUT2D eigenvalue weighted by Crippen LogP contribution is -2.51. The minimum atomic E-state index is -1.82. The number of hydrogen-bond acceptors (Lipinski definition) is 2. The summed E-state index contributed by atoms with van der Waals surface area (Å²) in [6.07, 6.45) is 0. The monoisotopic (exact) mass is 546 g/mol. The molecule has 2 unspecified atom stereocenters. The minimum absolute atomic E-state index is 0.605. The van der Waals surface area contributed by atoms with E-state index in [1.165, 1.54) is 0 Å². The highest BCUT2D eigenvalue weighted by Crippen LogP contribution is 2.50. The standard InChI is InChI=1S/C40H34O2/c1-29-27-35(23-25-37(29)31-15-7-3-8-16-31)39(41,33-19-11-5-12-20-33)40(42,34-21-13-6-14-22-34)36-24-26-38(30(2)28-36)32-17-9-4-10-18-32/h3-28,41-42H,1-2H3. The lowest BCUT2D eigenvalue weighted by Gasteiger charge is -2.45. The van der Waals surface area contributed by atoms with E-state index >= 15 is 0 Å². The lowest BCUT2D eigenvalue weighted by molar-refractivity contribution is -0.113. The Morgan fingerprint density at radius 3 is 0.976 bits per heavy atom. The van der Waals surface area contributed by atoms with Gasteiger partial charge in [0, 0.05) is 0 Å². The third-order valence-electron chi connectivity index (χ3n) is 8.36. The van der Waals surface area contributed by atoms with Crippen LogP contribution in [0.1, 0.15) is 33.4 Å². The van der Waals surface area contributed by atoms with Crippen LogP contribution in [-0.2, 0) is 11.2 Å². The Morgan fingerprint density at radius 2 is 0.667 bits per heavy atom. The van der Waals surface area contributed by atoms with E-state index < -0.39 is 11.2 Å². The van der Waals surface area contributed by atoms with E-state index in [9.17, 15) is 10.2 Å². The van der Waals surface area contributed by atoms with Gasteiger partial charge in [-0.1, -0.05) is 158 Å². The number of aryl methyl sites for hydroxylation is 2. The molecule has 6 aromatic rings. The van der Waals surface area contributed by atoms with E-state index in [4.69, 9.17) is 0 Å². The van der Waals surface area contributed by atoms with Crippen molar-refractivity contribution in [1.82, 2.24) is 0 Å². The molecular weight excluding hydrogens is 512 g/mol. The first-order chi connectivity index (χ1) is 20.4. The average Bonchev–Trinajstić information content (AvgIpc) is 3.05. The van der Waals surface area contributed by atoms with Gasteiger partial charge in [0.05, 0.1) is 0 Å². The van der Waals surface area contributed by atoms with E-state index in [1.54, 1.807) is 0 Å². The second-order valence-corrected chi connectivity index (χ2v) is 10.9. The van der Waals surface area contributed by atoms with Crippen LogP contribution in [0.5, 0.6) is 0 Å². The molecule has 0 fully saturated rings. The van der Waals surface area contributed by atoms with E-state index in [1.807, 2.05) is 133 Å². The predicted molar refractivity (Wildman–Crippen MR) is 172 cm³/mol. The average molecular weight is 547 g/mol. The lowest BCUT2D eigenvalue weighted by atomic mass is 9.65. The fraction of sp³-hybridized carbons (Fsp3) is 0.100.